The average molecular weight is 245 g/mol. The number of ether oxygens (including phenoxy) is 2. The van der Waals surface area contributed by atoms with Crippen molar-refractivity contribution >= 4 is 0 Å². The second-order valence-electron chi connectivity index (χ2n) is 5.67. The van der Waals surface area contributed by atoms with Gasteiger partial charge in [-0.3, -0.25) is 0 Å². The van der Waals surface area contributed by atoms with E-state index in [1.807, 2.05) is 0 Å². The quantitative estimate of drug-likeness (QED) is 0.567. The van der Waals surface area contributed by atoms with E-state index in [-0.39, 0.29) is 0 Å². The van der Waals surface area contributed by atoms with Crippen molar-refractivity contribution in [2.75, 3.05) is 33.0 Å². The summed E-state index contributed by atoms with van der Waals surface area (Å²) in [4.78, 5) is 0. The summed E-state index contributed by atoms with van der Waals surface area (Å²) in [6.07, 6.45) is 2.47. The summed E-state index contributed by atoms with van der Waals surface area (Å²) in [6.45, 7) is 8.92. The SMILES string of the molecule is CC(C)COCCOCC(C)(O)CNC1CC1. The van der Waals surface area contributed by atoms with E-state index in [2.05, 4.69) is 19.2 Å². The van der Waals surface area contributed by atoms with Crippen LogP contribution in [0.2, 0.25) is 0 Å². The van der Waals surface area contributed by atoms with Crippen LogP contribution in [0.5, 0.6) is 0 Å². The Kier molecular flexibility index (Phi) is 6.41. The molecular weight excluding hydrogens is 218 g/mol. The molecule has 1 atom stereocenters. The first-order valence-corrected chi connectivity index (χ1v) is 6.61. The topological polar surface area (TPSA) is 50.7 Å². The molecule has 1 rings (SSSR count). The number of nitrogens with one attached hydrogen (secondary N) is 1. The minimum Gasteiger partial charge on any atom is -0.386 e. The Labute approximate surface area is 105 Å². The van der Waals surface area contributed by atoms with Crippen LogP contribution in [-0.4, -0.2) is 49.7 Å². The summed E-state index contributed by atoms with van der Waals surface area (Å²) in [7, 11) is 0. The van der Waals surface area contributed by atoms with Crippen molar-refractivity contribution in [2.24, 2.45) is 5.92 Å². The Morgan fingerprint density at radius 3 is 2.53 bits per heavy atom. The number of hydrogen-bond acceptors (Lipinski definition) is 4. The molecule has 102 valence electrons. The van der Waals surface area contributed by atoms with Crippen LogP contribution in [0.3, 0.4) is 0 Å². The molecule has 1 unspecified atom stereocenters. The van der Waals surface area contributed by atoms with E-state index in [9.17, 15) is 5.11 Å². The van der Waals surface area contributed by atoms with Gasteiger partial charge in [-0.05, 0) is 25.7 Å². The third-order valence-electron chi connectivity index (χ3n) is 2.59. The third kappa shape index (κ3) is 8.55. The predicted octanol–water partition coefficient (Wildman–Crippen LogP) is 1.18. The van der Waals surface area contributed by atoms with Gasteiger partial charge in [0.1, 0.15) is 0 Å². The van der Waals surface area contributed by atoms with Crippen LogP contribution in [0.25, 0.3) is 0 Å². The molecule has 0 aromatic carbocycles. The molecule has 4 nitrogen and oxygen atoms in total. The molecule has 2 N–H and O–H groups in total. The Balaban J connectivity index is 1.92. The van der Waals surface area contributed by atoms with Gasteiger partial charge in [0, 0.05) is 19.2 Å². The highest BCUT2D eigenvalue weighted by atomic mass is 16.5. The minimum atomic E-state index is -0.777. The summed E-state index contributed by atoms with van der Waals surface area (Å²) in [6, 6.07) is 0.621. The molecular formula is C13H27NO3. The van der Waals surface area contributed by atoms with Gasteiger partial charge in [0.2, 0.25) is 0 Å². The first-order valence-electron chi connectivity index (χ1n) is 6.61. The highest BCUT2D eigenvalue weighted by Gasteiger charge is 2.26. The van der Waals surface area contributed by atoms with Crippen molar-refractivity contribution in [3.05, 3.63) is 0 Å². The van der Waals surface area contributed by atoms with Crippen molar-refractivity contribution in [1.82, 2.24) is 5.32 Å². The molecule has 17 heavy (non-hydrogen) atoms. The van der Waals surface area contributed by atoms with Gasteiger partial charge in [0.05, 0.1) is 25.4 Å². The Bertz CT molecular complexity index is 203. The monoisotopic (exact) mass is 245 g/mol. The lowest BCUT2D eigenvalue weighted by molar-refractivity contribution is -0.0481. The van der Waals surface area contributed by atoms with Gasteiger partial charge < -0.3 is 19.9 Å². The predicted molar refractivity (Wildman–Crippen MR) is 68.1 cm³/mol. The largest absolute Gasteiger partial charge is 0.386 e. The van der Waals surface area contributed by atoms with Crippen LogP contribution in [0, 0.1) is 5.92 Å². The van der Waals surface area contributed by atoms with E-state index < -0.39 is 5.60 Å². The van der Waals surface area contributed by atoms with Gasteiger partial charge in [-0.1, -0.05) is 13.8 Å². The van der Waals surface area contributed by atoms with Crippen LogP contribution in [0.15, 0.2) is 0 Å². The van der Waals surface area contributed by atoms with E-state index >= 15 is 0 Å². The van der Waals surface area contributed by atoms with Crippen LogP contribution >= 0.6 is 0 Å². The van der Waals surface area contributed by atoms with E-state index in [4.69, 9.17) is 9.47 Å². The van der Waals surface area contributed by atoms with Crippen molar-refractivity contribution in [3.63, 3.8) is 0 Å². The lowest BCUT2D eigenvalue weighted by Gasteiger charge is -2.23. The maximum atomic E-state index is 10.0. The van der Waals surface area contributed by atoms with E-state index in [1.54, 1.807) is 6.92 Å². The maximum absolute atomic E-state index is 10.0. The number of aliphatic hydroxyl groups is 1. The van der Waals surface area contributed by atoms with Gasteiger partial charge in [-0.15, -0.1) is 0 Å². The fourth-order valence-corrected chi connectivity index (χ4v) is 1.43. The zero-order valence-electron chi connectivity index (χ0n) is 11.4. The molecule has 0 bridgehead atoms. The molecule has 1 fully saturated rings. The molecule has 0 amide bonds. The average Bonchev–Trinajstić information content (AvgIpc) is 3.04. The molecule has 0 radical (unpaired) electrons. The van der Waals surface area contributed by atoms with Crippen LogP contribution in [-0.2, 0) is 9.47 Å². The van der Waals surface area contributed by atoms with Gasteiger partial charge in [0.15, 0.2) is 0 Å². The zero-order valence-corrected chi connectivity index (χ0v) is 11.4. The molecule has 0 saturated heterocycles. The highest BCUT2D eigenvalue weighted by molar-refractivity contribution is 4.85. The molecule has 4 heteroatoms. The van der Waals surface area contributed by atoms with E-state index in [0.717, 1.165) is 6.61 Å². The Morgan fingerprint density at radius 1 is 1.29 bits per heavy atom. The standard InChI is InChI=1S/C13H27NO3/c1-11(2)8-16-6-7-17-10-13(3,15)9-14-12-4-5-12/h11-12,14-15H,4-10H2,1-3H3. The normalized spacial score (nSPS) is 19.6. The maximum Gasteiger partial charge on any atom is 0.0975 e. The first-order chi connectivity index (χ1) is 7.99. The van der Waals surface area contributed by atoms with Gasteiger partial charge in [-0.2, -0.15) is 0 Å². The third-order valence-corrected chi connectivity index (χ3v) is 2.59. The lowest BCUT2D eigenvalue weighted by Crippen LogP contribution is -2.42. The van der Waals surface area contributed by atoms with Crippen LogP contribution in [0.1, 0.15) is 33.6 Å². The molecule has 0 aromatic heterocycles. The van der Waals surface area contributed by atoms with Gasteiger partial charge >= 0.3 is 0 Å². The van der Waals surface area contributed by atoms with Crippen molar-refractivity contribution < 1.29 is 14.6 Å². The van der Waals surface area contributed by atoms with Crippen LogP contribution in [0.4, 0.5) is 0 Å². The fraction of sp³-hybridized carbons (Fsp3) is 1.00. The molecule has 1 saturated carbocycles. The fourth-order valence-electron chi connectivity index (χ4n) is 1.43. The van der Waals surface area contributed by atoms with E-state index in [1.165, 1.54) is 12.8 Å². The zero-order chi connectivity index (χ0) is 12.7. The summed E-state index contributed by atoms with van der Waals surface area (Å²) in [5.41, 5.74) is -0.777. The second kappa shape index (κ2) is 7.31. The smallest absolute Gasteiger partial charge is 0.0975 e. The lowest BCUT2D eigenvalue weighted by atomic mass is 10.1. The van der Waals surface area contributed by atoms with E-state index in [0.29, 0.717) is 38.3 Å². The molecule has 0 spiro atoms. The summed E-state index contributed by atoms with van der Waals surface area (Å²) >= 11 is 0. The van der Waals surface area contributed by atoms with Gasteiger partial charge in [-0.25, -0.2) is 0 Å². The number of rotatable bonds is 10. The van der Waals surface area contributed by atoms with Crippen LogP contribution < -0.4 is 5.32 Å². The number of hydrogen-bond donors (Lipinski definition) is 2. The second-order valence-corrected chi connectivity index (χ2v) is 5.67. The summed E-state index contributed by atoms with van der Waals surface area (Å²) in [5, 5.41) is 13.3. The Morgan fingerprint density at radius 2 is 1.94 bits per heavy atom. The summed E-state index contributed by atoms with van der Waals surface area (Å²) < 4.78 is 10.8. The van der Waals surface area contributed by atoms with Gasteiger partial charge in [0.25, 0.3) is 0 Å². The molecule has 0 heterocycles. The molecule has 0 aromatic rings. The summed E-state index contributed by atoms with van der Waals surface area (Å²) in [5.74, 6) is 0.556. The molecule has 1 aliphatic carbocycles. The molecule has 0 aliphatic heterocycles. The van der Waals surface area contributed by atoms with Crippen molar-refractivity contribution in [1.29, 1.82) is 0 Å². The van der Waals surface area contributed by atoms with Crippen molar-refractivity contribution in [2.45, 2.75) is 45.3 Å². The Hall–Kier alpha value is -0.160. The first kappa shape index (κ1) is 14.9. The van der Waals surface area contributed by atoms with Crippen molar-refractivity contribution in [3.8, 4) is 0 Å². The highest BCUT2D eigenvalue weighted by Crippen LogP contribution is 2.19. The molecule has 1 aliphatic rings. The minimum absolute atomic E-state index is 0.359.